The molecule has 1 aromatic carbocycles. The number of benzene rings is 1. The molecule has 2 rings (SSSR count). The number of halogens is 1. The van der Waals surface area contributed by atoms with Gasteiger partial charge in [-0.25, -0.2) is 9.18 Å². The summed E-state index contributed by atoms with van der Waals surface area (Å²) >= 11 is 1.72. The third kappa shape index (κ3) is 3.21. The van der Waals surface area contributed by atoms with Gasteiger partial charge in [0, 0.05) is 16.7 Å². The van der Waals surface area contributed by atoms with E-state index in [1.54, 1.807) is 30.8 Å². The molecule has 5 heteroatoms. The zero-order valence-corrected chi connectivity index (χ0v) is 11.9. The van der Waals surface area contributed by atoms with Crippen molar-refractivity contribution >= 4 is 23.4 Å². The van der Waals surface area contributed by atoms with Gasteiger partial charge in [-0.15, -0.1) is 0 Å². The molecule has 1 aromatic rings. The predicted molar refractivity (Wildman–Crippen MR) is 75.9 cm³/mol. The average Bonchev–Trinajstić information content (AvgIpc) is 2.72. The van der Waals surface area contributed by atoms with Crippen LogP contribution in [0.4, 0.5) is 10.1 Å². The van der Waals surface area contributed by atoms with Crippen LogP contribution in [0, 0.1) is 5.82 Å². The van der Waals surface area contributed by atoms with E-state index in [4.69, 9.17) is 4.74 Å². The molecule has 2 atom stereocenters. The Labute approximate surface area is 116 Å². The number of hydrogen-bond acceptors (Lipinski definition) is 4. The molecule has 3 nitrogen and oxygen atoms in total. The highest BCUT2D eigenvalue weighted by atomic mass is 32.2. The van der Waals surface area contributed by atoms with Crippen molar-refractivity contribution in [3.63, 3.8) is 0 Å². The molecule has 0 saturated carbocycles. The Hall–Kier alpha value is -1.23. The van der Waals surface area contributed by atoms with Crippen LogP contribution in [0.15, 0.2) is 24.3 Å². The number of anilines is 1. The van der Waals surface area contributed by atoms with Gasteiger partial charge >= 0.3 is 5.97 Å². The zero-order chi connectivity index (χ0) is 13.9. The van der Waals surface area contributed by atoms with E-state index in [0.29, 0.717) is 29.7 Å². The van der Waals surface area contributed by atoms with Gasteiger partial charge in [-0.05, 0) is 31.5 Å². The quantitative estimate of drug-likeness (QED) is 0.862. The van der Waals surface area contributed by atoms with Gasteiger partial charge in [-0.1, -0.05) is 13.0 Å². The second-order valence-corrected chi connectivity index (χ2v) is 6.19. The van der Waals surface area contributed by atoms with Crippen molar-refractivity contribution in [2.45, 2.75) is 31.1 Å². The maximum Gasteiger partial charge on any atom is 0.332 e. The van der Waals surface area contributed by atoms with E-state index in [0.717, 1.165) is 0 Å². The summed E-state index contributed by atoms with van der Waals surface area (Å²) in [7, 11) is 0. The minimum atomic E-state index is -0.742. The summed E-state index contributed by atoms with van der Waals surface area (Å²) in [6, 6.07) is 6.17. The molecule has 2 unspecified atom stereocenters. The molecule has 1 aliphatic heterocycles. The molecule has 0 aliphatic carbocycles. The van der Waals surface area contributed by atoms with Crippen LogP contribution in [0.25, 0.3) is 0 Å². The Morgan fingerprint density at radius 2 is 2.42 bits per heavy atom. The maximum atomic E-state index is 13.2. The second-order valence-electron chi connectivity index (χ2n) is 4.76. The number of rotatable bonds is 4. The number of carbonyl (C=O) groups is 1. The normalized spacial score (nSPS) is 26.2. The standard InChI is InChI=1S/C14H18FNO2S/c1-3-18-13(17)14(8-10(2)19-9-14)16-12-6-4-5-11(15)7-12/h4-7,10,16H,3,8-9H2,1-2H3. The average molecular weight is 283 g/mol. The molecule has 0 amide bonds. The lowest BCUT2D eigenvalue weighted by Gasteiger charge is -2.28. The summed E-state index contributed by atoms with van der Waals surface area (Å²) in [5.41, 5.74) is -0.129. The summed E-state index contributed by atoms with van der Waals surface area (Å²) in [5.74, 6) is 0.0718. The molecule has 19 heavy (non-hydrogen) atoms. The fourth-order valence-corrected chi connectivity index (χ4v) is 3.56. The minimum Gasteiger partial charge on any atom is -0.464 e. The molecule has 104 valence electrons. The van der Waals surface area contributed by atoms with Crippen LogP contribution in [0.5, 0.6) is 0 Å². The molecule has 1 heterocycles. The predicted octanol–water partition coefficient (Wildman–Crippen LogP) is 3.06. The highest BCUT2D eigenvalue weighted by molar-refractivity contribution is 8.00. The molecule has 0 spiro atoms. The van der Waals surface area contributed by atoms with Gasteiger partial charge in [0.05, 0.1) is 6.61 Å². The summed E-state index contributed by atoms with van der Waals surface area (Å²) in [6.45, 7) is 4.22. The van der Waals surface area contributed by atoms with Crippen molar-refractivity contribution in [2.75, 3.05) is 17.7 Å². The summed E-state index contributed by atoms with van der Waals surface area (Å²) < 4.78 is 18.4. The van der Waals surface area contributed by atoms with Gasteiger partial charge in [0.25, 0.3) is 0 Å². The third-order valence-electron chi connectivity index (χ3n) is 3.12. The van der Waals surface area contributed by atoms with Gasteiger partial charge < -0.3 is 10.1 Å². The second kappa shape index (κ2) is 5.82. The van der Waals surface area contributed by atoms with Crippen LogP contribution in [0.1, 0.15) is 20.3 Å². The van der Waals surface area contributed by atoms with Gasteiger partial charge in [-0.3, -0.25) is 0 Å². The number of thioether (sulfide) groups is 1. The molecular weight excluding hydrogens is 265 g/mol. The van der Waals surface area contributed by atoms with Crippen molar-refractivity contribution in [2.24, 2.45) is 0 Å². The SMILES string of the molecule is CCOC(=O)C1(Nc2cccc(F)c2)CSC(C)C1. The Balaban J connectivity index is 2.21. The lowest BCUT2D eigenvalue weighted by atomic mass is 9.95. The Morgan fingerprint density at radius 3 is 3.00 bits per heavy atom. The van der Waals surface area contributed by atoms with Crippen LogP contribution in [0.2, 0.25) is 0 Å². The minimum absolute atomic E-state index is 0.254. The maximum absolute atomic E-state index is 13.2. The largest absolute Gasteiger partial charge is 0.464 e. The van der Waals surface area contributed by atoms with Crippen LogP contribution < -0.4 is 5.32 Å². The summed E-state index contributed by atoms with van der Waals surface area (Å²) in [4.78, 5) is 12.2. The van der Waals surface area contributed by atoms with E-state index in [1.807, 2.05) is 0 Å². The molecule has 1 N–H and O–H groups in total. The molecular formula is C14H18FNO2S. The number of hydrogen-bond donors (Lipinski definition) is 1. The Bertz CT molecular complexity index is 469. The molecule has 0 radical (unpaired) electrons. The van der Waals surface area contributed by atoms with E-state index in [-0.39, 0.29) is 11.8 Å². The van der Waals surface area contributed by atoms with Crippen LogP contribution >= 0.6 is 11.8 Å². The first-order valence-electron chi connectivity index (χ1n) is 6.38. The fourth-order valence-electron chi connectivity index (χ4n) is 2.29. The molecule has 0 bridgehead atoms. The number of nitrogens with one attached hydrogen (secondary N) is 1. The summed E-state index contributed by atoms with van der Waals surface area (Å²) in [6.07, 6.45) is 0.688. The third-order valence-corrected chi connectivity index (χ3v) is 4.52. The van der Waals surface area contributed by atoms with Gasteiger partial charge in [0.1, 0.15) is 11.4 Å². The van der Waals surface area contributed by atoms with Gasteiger partial charge in [0.2, 0.25) is 0 Å². The smallest absolute Gasteiger partial charge is 0.332 e. The van der Waals surface area contributed by atoms with E-state index in [1.165, 1.54) is 12.1 Å². The van der Waals surface area contributed by atoms with Crippen molar-refractivity contribution in [3.05, 3.63) is 30.1 Å². The highest BCUT2D eigenvalue weighted by Crippen LogP contribution is 2.37. The van der Waals surface area contributed by atoms with Crippen LogP contribution in [0.3, 0.4) is 0 Å². The summed E-state index contributed by atoms with van der Waals surface area (Å²) in [5, 5.41) is 3.55. The van der Waals surface area contributed by atoms with Crippen molar-refractivity contribution in [3.8, 4) is 0 Å². The van der Waals surface area contributed by atoms with E-state index in [9.17, 15) is 9.18 Å². The van der Waals surface area contributed by atoms with Crippen LogP contribution in [-0.4, -0.2) is 29.1 Å². The molecule has 1 fully saturated rings. The zero-order valence-electron chi connectivity index (χ0n) is 11.1. The van der Waals surface area contributed by atoms with Gasteiger partial charge in [-0.2, -0.15) is 11.8 Å². The number of ether oxygens (including phenoxy) is 1. The Kier molecular flexibility index (Phi) is 4.34. The monoisotopic (exact) mass is 283 g/mol. The lowest BCUT2D eigenvalue weighted by molar-refractivity contribution is -0.147. The number of carbonyl (C=O) groups excluding carboxylic acids is 1. The van der Waals surface area contributed by atoms with E-state index >= 15 is 0 Å². The van der Waals surface area contributed by atoms with Gasteiger partial charge in [0.15, 0.2) is 0 Å². The molecule has 1 aliphatic rings. The first-order chi connectivity index (χ1) is 9.05. The first-order valence-corrected chi connectivity index (χ1v) is 7.43. The highest BCUT2D eigenvalue weighted by Gasteiger charge is 2.46. The Morgan fingerprint density at radius 1 is 1.63 bits per heavy atom. The number of esters is 1. The van der Waals surface area contributed by atoms with Crippen molar-refractivity contribution in [1.82, 2.24) is 0 Å². The lowest BCUT2D eigenvalue weighted by Crippen LogP contribution is -2.48. The molecule has 1 saturated heterocycles. The fraction of sp³-hybridized carbons (Fsp3) is 0.500. The molecule has 0 aromatic heterocycles. The first kappa shape index (κ1) is 14.2. The topological polar surface area (TPSA) is 38.3 Å². The van der Waals surface area contributed by atoms with Crippen molar-refractivity contribution < 1.29 is 13.9 Å². The van der Waals surface area contributed by atoms with Crippen molar-refractivity contribution in [1.29, 1.82) is 0 Å². The van der Waals surface area contributed by atoms with Crippen LogP contribution in [-0.2, 0) is 9.53 Å². The van der Waals surface area contributed by atoms with E-state index < -0.39 is 5.54 Å². The van der Waals surface area contributed by atoms with E-state index in [2.05, 4.69) is 12.2 Å².